The molecule has 0 saturated carbocycles. The second kappa shape index (κ2) is 6.19. The Morgan fingerprint density at radius 1 is 1.00 bits per heavy atom. The molecule has 2 aromatic carbocycles. The molecule has 1 amide bonds. The van der Waals surface area contributed by atoms with Crippen LogP contribution in [-0.2, 0) is 9.84 Å². The monoisotopic (exact) mass is 318 g/mol. The average molecular weight is 318 g/mol. The van der Waals surface area contributed by atoms with E-state index >= 15 is 0 Å². The largest absolute Gasteiger partial charge is 0.376 e. The van der Waals surface area contributed by atoms with Gasteiger partial charge in [0, 0.05) is 25.9 Å². The molecule has 0 radical (unpaired) electrons. The highest BCUT2D eigenvalue weighted by atomic mass is 32.2. The Balaban J connectivity index is 2.23. The zero-order chi connectivity index (χ0) is 16.3. The molecule has 5 nitrogen and oxygen atoms in total. The van der Waals surface area contributed by atoms with E-state index in [1.807, 2.05) is 43.3 Å². The van der Waals surface area contributed by atoms with Crippen LogP contribution in [0.1, 0.15) is 10.4 Å². The summed E-state index contributed by atoms with van der Waals surface area (Å²) in [4.78, 5) is 14.4. The summed E-state index contributed by atoms with van der Waals surface area (Å²) in [5.41, 5.74) is 1.99. The predicted octanol–water partition coefficient (Wildman–Crippen LogP) is 2.41. The standard InChI is InChI=1S/C16H18N2O3S/c1-18(2)15-7-5-4-6-14(15)17-16(19)12-8-10-13(11-9-12)22(3,20)21/h4-11H,1-3H3,(H,17,19). The van der Waals surface area contributed by atoms with Gasteiger partial charge in [-0.1, -0.05) is 12.1 Å². The smallest absolute Gasteiger partial charge is 0.255 e. The summed E-state index contributed by atoms with van der Waals surface area (Å²) in [5.74, 6) is -0.283. The topological polar surface area (TPSA) is 66.5 Å². The van der Waals surface area contributed by atoms with E-state index in [0.29, 0.717) is 11.3 Å². The zero-order valence-corrected chi connectivity index (χ0v) is 13.5. The molecule has 116 valence electrons. The molecule has 0 heterocycles. The molecule has 1 N–H and O–H groups in total. The van der Waals surface area contributed by atoms with Gasteiger partial charge in [-0.2, -0.15) is 0 Å². The van der Waals surface area contributed by atoms with Gasteiger partial charge in [0.15, 0.2) is 9.84 Å². The summed E-state index contributed by atoms with van der Waals surface area (Å²) < 4.78 is 22.8. The quantitative estimate of drug-likeness (QED) is 0.940. The van der Waals surface area contributed by atoms with Crippen LogP contribution in [0.4, 0.5) is 11.4 Å². The van der Waals surface area contributed by atoms with Crippen LogP contribution in [0.5, 0.6) is 0 Å². The SMILES string of the molecule is CN(C)c1ccccc1NC(=O)c1ccc(S(C)(=O)=O)cc1. The molecule has 0 spiro atoms. The fourth-order valence-corrected chi connectivity index (χ4v) is 2.65. The molecule has 0 aliphatic rings. The van der Waals surface area contributed by atoms with Crippen LogP contribution < -0.4 is 10.2 Å². The minimum absolute atomic E-state index is 0.192. The number of amides is 1. The van der Waals surface area contributed by atoms with Gasteiger partial charge in [0.25, 0.3) is 5.91 Å². The van der Waals surface area contributed by atoms with Crippen LogP contribution in [0.25, 0.3) is 0 Å². The van der Waals surface area contributed by atoms with Crippen molar-refractivity contribution in [1.29, 1.82) is 0 Å². The fourth-order valence-electron chi connectivity index (χ4n) is 2.02. The number of hydrogen-bond donors (Lipinski definition) is 1. The molecule has 6 heteroatoms. The number of para-hydroxylation sites is 2. The van der Waals surface area contributed by atoms with Crippen LogP contribution in [0.2, 0.25) is 0 Å². The van der Waals surface area contributed by atoms with Gasteiger partial charge in [-0.25, -0.2) is 8.42 Å². The van der Waals surface area contributed by atoms with Gasteiger partial charge in [-0.05, 0) is 36.4 Å². The second-order valence-electron chi connectivity index (χ2n) is 5.16. The number of nitrogens with zero attached hydrogens (tertiary/aromatic N) is 1. The van der Waals surface area contributed by atoms with Gasteiger partial charge in [0.05, 0.1) is 16.3 Å². The minimum Gasteiger partial charge on any atom is -0.376 e. The Morgan fingerprint density at radius 3 is 2.14 bits per heavy atom. The van der Waals surface area contributed by atoms with Gasteiger partial charge in [-0.3, -0.25) is 4.79 Å². The first-order valence-corrected chi connectivity index (χ1v) is 8.56. The van der Waals surface area contributed by atoms with Crippen molar-refractivity contribution < 1.29 is 13.2 Å². The maximum Gasteiger partial charge on any atom is 0.255 e. The predicted molar refractivity (Wildman–Crippen MR) is 88.3 cm³/mol. The summed E-state index contributed by atoms with van der Waals surface area (Å²) >= 11 is 0. The summed E-state index contributed by atoms with van der Waals surface area (Å²) in [6, 6.07) is 13.3. The third-order valence-electron chi connectivity index (χ3n) is 3.18. The average Bonchev–Trinajstić information content (AvgIpc) is 2.46. The van der Waals surface area contributed by atoms with E-state index in [9.17, 15) is 13.2 Å². The maximum absolute atomic E-state index is 12.3. The van der Waals surface area contributed by atoms with Crippen LogP contribution in [0.3, 0.4) is 0 Å². The van der Waals surface area contributed by atoms with Gasteiger partial charge < -0.3 is 10.2 Å². The molecular weight excluding hydrogens is 300 g/mol. The van der Waals surface area contributed by atoms with Crippen LogP contribution >= 0.6 is 0 Å². The summed E-state index contributed by atoms with van der Waals surface area (Å²) in [7, 11) is 0.529. The third-order valence-corrected chi connectivity index (χ3v) is 4.31. The van der Waals surface area contributed by atoms with Gasteiger partial charge in [0.2, 0.25) is 0 Å². The Kier molecular flexibility index (Phi) is 4.51. The number of carbonyl (C=O) groups excluding carboxylic acids is 1. The summed E-state index contributed by atoms with van der Waals surface area (Å²) in [6.07, 6.45) is 1.13. The number of sulfone groups is 1. The molecule has 0 aromatic heterocycles. The van der Waals surface area contributed by atoms with Crippen molar-refractivity contribution >= 4 is 27.1 Å². The van der Waals surface area contributed by atoms with Crippen molar-refractivity contribution in [2.45, 2.75) is 4.90 Å². The van der Waals surface area contributed by atoms with Gasteiger partial charge >= 0.3 is 0 Å². The lowest BCUT2D eigenvalue weighted by atomic mass is 10.2. The zero-order valence-electron chi connectivity index (χ0n) is 12.7. The maximum atomic E-state index is 12.3. The van der Waals surface area contributed by atoms with Crippen LogP contribution in [-0.4, -0.2) is 34.7 Å². The Morgan fingerprint density at radius 2 is 1.59 bits per heavy atom. The molecule has 0 aliphatic heterocycles. The molecule has 0 bridgehead atoms. The number of hydrogen-bond acceptors (Lipinski definition) is 4. The second-order valence-corrected chi connectivity index (χ2v) is 7.18. The van der Waals surface area contributed by atoms with Crippen molar-refractivity contribution in [2.75, 3.05) is 30.6 Å². The lowest BCUT2D eigenvalue weighted by Crippen LogP contribution is -2.16. The molecule has 0 atom stereocenters. The lowest BCUT2D eigenvalue weighted by Gasteiger charge is -2.17. The number of nitrogens with one attached hydrogen (secondary N) is 1. The Hall–Kier alpha value is -2.34. The van der Waals surface area contributed by atoms with E-state index < -0.39 is 9.84 Å². The van der Waals surface area contributed by atoms with Crippen molar-refractivity contribution in [1.82, 2.24) is 0 Å². The highest BCUT2D eigenvalue weighted by molar-refractivity contribution is 7.90. The number of rotatable bonds is 4. The summed E-state index contributed by atoms with van der Waals surface area (Å²) in [6.45, 7) is 0. The van der Waals surface area contributed by atoms with E-state index in [4.69, 9.17) is 0 Å². The van der Waals surface area contributed by atoms with E-state index in [0.717, 1.165) is 11.9 Å². The molecule has 22 heavy (non-hydrogen) atoms. The number of anilines is 2. The number of carbonyl (C=O) groups is 1. The third kappa shape index (κ3) is 3.65. The fraction of sp³-hybridized carbons (Fsp3) is 0.188. The first-order valence-electron chi connectivity index (χ1n) is 6.67. The molecule has 0 unspecified atom stereocenters. The van der Waals surface area contributed by atoms with E-state index in [2.05, 4.69) is 5.32 Å². The van der Waals surface area contributed by atoms with Crippen molar-refractivity contribution in [3.63, 3.8) is 0 Å². The van der Waals surface area contributed by atoms with Gasteiger partial charge in [-0.15, -0.1) is 0 Å². The lowest BCUT2D eigenvalue weighted by molar-refractivity contribution is 0.102. The Labute approximate surface area is 130 Å². The van der Waals surface area contributed by atoms with Crippen LogP contribution in [0, 0.1) is 0 Å². The van der Waals surface area contributed by atoms with E-state index in [1.54, 1.807) is 0 Å². The molecule has 0 fully saturated rings. The molecular formula is C16H18N2O3S. The molecule has 0 aliphatic carbocycles. The van der Waals surface area contributed by atoms with Gasteiger partial charge in [0.1, 0.15) is 0 Å². The first-order chi connectivity index (χ1) is 10.3. The van der Waals surface area contributed by atoms with Crippen LogP contribution in [0.15, 0.2) is 53.4 Å². The highest BCUT2D eigenvalue weighted by Crippen LogP contribution is 2.24. The molecule has 0 saturated heterocycles. The van der Waals surface area contributed by atoms with E-state index in [1.165, 1.54) is 24.3 Å². The Bertz CT molecular complexity index is 781. The molecule has 2 rings (SSSR count). The van der Waals surface area contributed by atoms with Crippen molar-refractivity contribution in [3.8, 4) is 0 Å². The first kappa shape index (κ1) is 16.0. The minimum atomic E-state index is -3.26. The molecule has 2 aromatic rings. The normalized spacial score (nSPS) is 11.0. The van der Waals surface area contributed by atoms with Crippen molar-refractivity contribution in [3.05, 3.63) is 54.1 Å². The highest BCUT2D eigenvalue weighted by Gasteiger charge is 2.12. The number of benzene rings is 2. The van der Waals surface area contributed by atoms with E-state index in [-0.39, 0.29) is 10.8 Å². The van der Waals surface area contributed by atoms with Crippen molar-refractivity contribution in [2.24, 2.45) is 0 Å². The summed E-state index contributed by atoms with van der Waals surface area (Å²) in [5, 5.41) is 2.84.